The van der Waals surface area contributed by atoms with Crippen molar-refractivity contribution < 1.29 is 9.53 Å². The molecule has 104 valence electrons. The van der Waals surface area contributed by atoms with Crippen molar-refractivity contribution in [2.24, 2.45) is 4.99 Å². The minimum Gasteiger partial charge on any atom is -0.474 e. The molecule has 0 radical (unpaired) electrons. The van der Waals surface area contributed by atoms with Crippen molar-refractivity contribution in [2.45, 2.75) is 38.2 Å². The van der Waals surface area contributed by atoms with Gasteiger partial charge in [0.15, 0.2) is 5.78 Å². The molecule has 20 heavy (non-hydrogen) atoms. The van der Waals surface area contributed by atoms with Crippen molar-refractivity contribution in [1.29, 1.82) is 0 Å². The second-order valence-electron chi connectivity index (χ2n) is 5.26. The zero-order valence-corrected chi connectivity index (χ0v) is 11.4. The van der Waals surface area contributed by atoms with E-state index in [9.17, 15) is 4.79 Å². The average Bonchev–Trinajstić information content (AvgIpc) is 2.50. The largest absolute Gasteiger partial charge is 0.474 e. The predicted molar refractivity (Wildman–Crippen MR) is 77.3 cm³/mol. The number of hydrogen-bond acceptors (Lipinski definition) is 4. The molecule has 2 aliphatic rings. The molecular weight excluding hydrogens is 252 g/mol. The molecule has 3 rings (SSSR count). The highest BCUT2D eigenvalue weighted by Gasteiger charge is 2.15. The summed E-state index contributed by atoms with van der Waals surface area (Å²) in [4.78, 5) is 19.7. The van der Waals surface area contributed by atoms with Gasteiger partial charge in [-0.2, -0.15) is 0 Å². The Balaban J connectivity index is 1.65. The Morgan fingerprint density at radius 2 is 1.95 bits per heavy atom. The van der Waals surface area contributed by atoms with Crippen molar-refractivity contribution in [3.63, 3.8) is 0 Å². The fourth-order valence-corrected chi connectivity index (χ4v) is 2.58. The predicted octanol–water partition coefficient (Wildman–Crippen LogP) is 2.72. The van der Waals surface area contributed by atoms with Crippen LogP contribution in [0.4, 0.5) is 0 Å². The molecule has 0 atom stereocenters. The van der Waals surface area contributed by atoms with E-state index in [0.29, 0.717) is 12.0 Å². The monoisotopic (exact) mass is 270 g/mol. The second-order valence-corrected chi connectivity index (χ2v) is 5.26. The number of allylic oxidation sites excluding steroid dienone is 1. The summed E-state index contributed by atoms with van der Waals surface area (Å²) < 4.78 is 5.89. The summed E-state index contributed by atoms with van der Waals surface area (Å²) in [6.07, 6.45) is 11.4. The van der Waals surface area contributed by atoms with Crippen molar-refractivity contribution in [2.75, 3.05) is 6.54 Å². The number of aliphatic imine (C=N–C) groups is 1. The molecule has 0 amide bonds. The van der Waals surface area contributed by atoms with Crippen molar-refractivity contribution in [3.8, 4) is 5.88 Å². The Morgan fingerprint density at radius 1 is 1.10 bits per heavy atom. The van der Waals surface area contributed by atoms with Crippen LogP contribution in [0.2, 0.25) is 0 Å². The number of rotatable bonds is 3. The number of carbonyl (C=O) groups excluding carboxylic acids is 1. The number of hydrogen-bond donors (Lipinski definition) is 0. The fraction of sp³-hybridized carbons (Fsp3) is 0.438. The first kappa shape index (κ1) is 13.0. The molecule has 1 aromatic heterocycles. The molecule has 0 unspecified atom stereocenters. The van der Waals surface area contributed by atoms with Crippen LogP contribution in [0.3, 0.4) is 0 Å². The highest BCUT2D eigenvalue weighted by Crippen LogP contribution is 2.22. The maximum absolute atomic E-state index is 11.1. The van der Waals surface area contributed by atoms with Gasteiger partial charge in [0.2, 0.25) is 5.88 Å². The zero-order valence-electron chi connectivity index (χ0n) is 11.4. The van der Waals surface area contributed by atoms with Gasteiger partial charge in [0, 0.05) is 17.8 Å². The number of ether oxygens (including phenoxy) is 1. The van der Waals surface area contributed by atoms with E-state index in [1.165, 1.54) is 19.3 Å². The van der Waals surface area contributed by atoms with Crippen LogP contribution in [0.25, 0.3) is 0 Å². The third-order valence-corrected chi connectivity index (χ3v) is 3.70. The minimum atomic E-state index is 0.0407. The first-order valence-electron chi connectivity index (χ1n) is 7.20. The number of pyridine rings is 1. The summed E-state index contributed by atoms with van der Waals surface area (Å²) in [6.45, 7) is 0.228. The smallest absolute Gasteiger partial charge is 0.213 e. The minimum absolute atomic E-state index is 0.0407. The lowest BCUT2D eigenvalue weighted by Crippen LogP contribution is -2.20. The van der Waals surface area contributed by atoms with Crippen LogP contribution in [0.1, 0.15) is 37.7 Å². The normalized spacial score (nSPS) is 19.8. The summed E-state index contributed by atoms with van der Waals surface area (Å²) in [5.74, 6) is 0.719. The lowest BCUT2D eigenvalue weighted by atomic mass is 9.98. The van der Waals surface area contributed by atoms with Gasteiger partial charge in [-0.1, -0.05) is 6.42 Å². The standard InChI is InChI=1S/C16H18N2O2/c19-13-7-8-15(17-11-13)12-6-9-16(18-10-12)20-14-4-2-1-3-5-14/h6-10,14H,1-5,11H2. The molecule has 1 fully saturated rings. The molecule has 0 bridgehead atoms. The van der Waals surface area contributed by atoms with Gasteiger partial charge in [0.25, 0.3) is 0 Å². The van der Waals surface area contributed by atoms with Crippen LogP contribution < -0.4 is 4.74 Å². The fourth-order valence-electron chi connectivity index (χ4n) is 2.58. The summed E-state index contributed by atoms with van der Waals surface area (Å²) in [5.41, 5.74) is 1.73. The highest BCUT2D eigenvalue weighted by atomic mass is 16.5. The van der Waals surface area contributed by atoms with Gasteiger partial charge in [-0.15, -0.1) is 0 Å². The van der Waals surface area contributed by atoms with E-state index in [-0.39, 0.29) is 12.3 Å². The second kappa shape index (κ2) is 5.99. The number of nitrogens with zero attached hydrogens (tertiary/aromatic N) is 2. The van der Waals surface area contributed by atoms with Crippen molar-refractivity contribution >= 4 is 11.5 Å². The van der Waals surface area contributed by atoms with Crippen LogP contribution in [0.15, 0.2) is 35.5 Å². The van der Waals surface area contributed by atoms with Gasteiger partial charge in [-0.25, -0.2) is 4.98 Å². The Labute approximate surface area is 118 Å². The van der Waals surface area contributed by atoms with Gasteiger partial charge >= 0.3 is 0 Å². The summed E-state index contributed by atoms with van der Waals surface area (Å²) in [6, 6.07) is 3.83. The molecule has 1 aliphatic heterocycles. The summed E-state index contributed by atoms with van der Waals surface area (Å²) in [7, 11) is 0. The first-order valence-corrected chi connectivity index (χ1v) is 7.20. The molecule has 0 saturated heterocycles. The maximum Gasteiger partial charge on any atom is 0.213 e. The molecule has 0 N–H and O–H groups in total. The number of aromatic nitrogens is 1. The molecule has 1 aromatic rings. The van der Waals surface area contributed by atoms with Gasteiger partial charge in [0.05, 0.1) is 5.71 Å². The molecular formula is C16H18N2O2. The third kappa shape index (κ3) is 3.13. The number of carbonyl (C=O) groups is 1. The topological polar surface area (TPSA) is 51.5 Å². The highest BCUT2D eigenvalue weighted by molar-refractivity contribution is 6.14. The van der Waals surface area contributed by atoms with E-state index in [2.05, 4.69) is 9.98 Å². The van der Waals surface area contributed by atoms with Gasteiger partial charge in [-0.05, 0) is 43.9 Å². The molecule has 4 nitrogen and oxygen atoms in total. The van der Waals surface area contributed by atoms with Crippen LogP contribution >= 0.6 is 0 Å². The molecule has 1 saturated carbocycles. The van der Waals surface area contributed by atoms with Gasteiger partial charge < -0.3 is 4.74 Å². The summed E-state index contributed by atoms with van der Waals surface area (Å²) in [5, 5.41) is 0. The Kier molecular flexibility index (Phi) is 3.90. The quantitative estimate of drug-likeness (QED) is 0.848. The van der Waals surface area contributed by atoms with E-state index < -0.39 is 0 Å². The van der Waals surface area contributed by atoms with E-state index in [0.717, 1.165) is 24.1 Å². The Bertz CT molecular complexity index is 540. The maximum atomic E-state index is 11.1. The lowest BCUT2D eigenvalue weighted by Gasteiger charge is -2.22. The van der Waals surface area contributed by atoms with Crippen LogP contribution in [-0.4, -0.2) is 29.1 Å². The van der Waals surface area contributed by atoms with E-state index >= 15 is 0 Å². The molecule has 0 spiro atoms. The first-order chi connectivity index (χ1) is 9.81. The average molecular weight is 270 g/mol. The third-order valence-electron chi connectivity index (χ3n) is 3.70. The zero-order chi connectivity index (χ0) is 13.8. The Hall–Kier alpha value is -1.97. The number of dihydropyridines is 1. The van der Waals surface area contributed by atoms with E-state index in [1.54, 1.807) is 18.3 Å². The molecule has 4 heteroatoms. The lowest BCUT2D eigenvalue weighted by molar-refractivity contribution is -0.113. The van der Waals surface area contributed by atoms with Crippen LogP contribution in [0, 0.1) is 0 Å². The van der Waals surface area contributed by atoms with E-state index in [4.69, 9.17) is 4.74 Å². The summed E-state index contributed by atoms with van der Waals surface area (Å²) >= 11 is 0. The van der Waals surface area contributed by atoms with E-state index in [1.807, 2.05) is 12.1 Å². The molecule has 0 aromatic carbocycles. The van der Waals surface area contributed by atoms with Crippen molar-refractivity contribution in [3.05, 3.63) is 36.0 Å². The van der Waals surface area contributed by atoms with Gasteiger partial charge in [-0.3, -0.25) is 9.79 Å². The van der Waals surface area contributed by atoms with Crippen molar-refractivity contribution in [1.82, 2.24) is 4.98 Å². The Morgan fingerprint density at radius 3 is 2.60 bits per heavy atom. The molecule has 1 aliphatic carbocycles. The van der Waals surface area contributed by atoms with Gasteiger partial charge in [0.1, 0.15) is 12.6 Å². The van der Waals surface area contributed by atoms with Crippen LogP contribution in [0.5, 0.6) is 5.88 Å². The SMILES string of the molecule is O=C1C=CC(c2ccc(OC3CCCCC3)nc2)=NC1. The van der Waals surface area contributed by atoms with Crippen LogP contribution in [-0.2, 0) is 4.79 Å². The molecule has 2 heterocycles. The number of ketones is 1.